The van der Waals surface area contributed by atoms with E-state index in [1.54, 1.807) is 0 Å². The average molecular weight is 229 g/mol. The number of nitrogens with zero attached hydrogens (tertiary/aromatic N) is 2. The Morgan fingerprint density at radius 2 is 2.13 bits per heavy atom. The molecule has 1 saturated heterocycles. The lowest BCUT2D eigenvalue weighted by Gasteiger charge is -2.22. The van der Waals surface area contributed by atoms with Crippen molar-refractivity contribution in [1.82, 2.24) is 9.97 Å². The van der Waals surface area contributed by atoms with Gasteiger partial charge in [-0.05, 0) is 12.8 Å². The van der Waals surface area contributed by atoms with Gasteiger partial charge in [0, 0.05) is 34.4 Å². The molecule has 1 aromatic rings. The topological polar surface area (TPSA) is 54.9 Å². The number of nitrogens with one attached hydrogen (secondary N) is 1. The van der Waals surface area contributed by atoms with Gasteiger partial charge in [-0.3, -0.25) is 4.21 Å². The van der Waals surface area contributed by atoms with Crippen LogP contribution in [0.5, 0.6) is 0 Å². The molecule has 0 bridgehead atoms. The van der Waals surface area contributed by atoms with E-state index in [9.17, 15) is 8.60 Å². The zero-order valence-corrected chi connectivity index (χ0v) is 8.97. The van der Waals surface area contributed by atoms with E-state index in [4.69, 9.17) is 0 Å². The summed E-state index contributed by atoms with van der Waals surface area (Å²) in [6.07, 6.45) is 2.88. The van der Waals surface area contributed by atoms with Crippen molar-refractivity contribution >= 4 is 16.6 Å². The molecule has 0 aromatic carbocycles. The summed E-state index contributed by atoms with van der Waals surface area (Å²) in [6, 6.07) is 1.52. The summed E-state index contributed by atoms with van der Waals surface area (Å²) in [7, 11) is -0.670. The number of hydrogen-bond donors (Lipinski definition) is 1. The molecule has 1 N–H and O–H groups in total. The maximum absolute atomic E-state index is 12.7. The fourth-order valence-corrected chi connectivity index (χ4v) is 2.86. The van der Waals surface area contributed by atoms with Crippen LogP contribution in [-0.4, -0.2) is 31.7 Å². The Hall–Kier alpha value is -1.04. The van der Waals surface area contributed by atoms with E-state index >= 15 is 0 Å². The van der Waals surface area contributed by atoms with E-state index in [2.05, 4.69) is 15.3 Å². The zero-order valence-electron chi connectivity index (χ0n) is 8.15. The van der Waals surface area contributed by atoms with Crippen molar-refractivity contribution in [3.05, 3.63) is 18.3 Å². The standard InChI is InChI=1S/C9H12FN3OS/c10-8-5-9(12-6-11-8)13-7-1-3-15(14)4-2-7/h5-7H,1-4H2,(H,11,12,13). The van der Waals surface area contributed by atoms with Crippen LogP contribution in [0.25, 0.3) is 0 Å². The van der Waals surface area contributed by atoms with Gasteiger partial charge in [-0.15, -0.1) is 0 Å². The van der Waals surface area contributed by atoms with Crippen LogP contribution in [-0.2, 0) is 10.8 Å². The molecule has 0 atom stereocenters. The largest absolute Gasteiger partial charge is 0.367 e. The highest BCUT2D eigenvalue weighted by Crippen LogP contribution is 2.14. The van der Waals surface area contributed by atoms with Crippen molar-refractivity contribution in [1.29, 1.82) is 0 Å². The predicted octanol–water partition coefficient (Wildman–Crippen LogP) is 0.939. The molecule has 0 spiro atoms. The summed E-state index contributed by atoms with van der Waals surface area (Å²) in [5.74, 6) is 1.39. The Morgan fingerprint density at radius 1 is 1.40 bits per heavy atom. The molecule has 0 radical (unpaired) electrons. The number of halogens is 1. The summed E-state index contributed by atoms with van der Waals surface area (Å²) in [6.45, 7) is 0. The molecule has 2 rings (SSSR count). The van der Waals surface area contributed by atoms with Gasteiger partial charge in [0.15, 0.2) is 0 Å². The Morgan fingerprint density at radius 3 is 2.80 bits per heavy atom. The molecule has 1 aromatic heterocycles. The Bertz CT molecular complexity index is 364. The van der Waals surface area contributed by atoms with Crippen LogP contribution in [0, 0.1) is 5.95 Å². The first-order chi connectivity index (χ1) is 7.24. The van der Waals surface area contributed by atoms with Gasteiger partial charge in [0.05, 0.1) is 0 Å². The van der Waals surface area contributed by atoms with Crippen LogP contribution in [0.2, 0.25) is 0 Å². The van der Waals surface area contributed by atoms with Crippen molar-refractivity contribution < 1.29 is 8.60 Å². The van der Waals surface area contributed by atoms with Crippen molar-refractivity contribution in [2.45, 2.75) is 18.9 Å². The van der Waals surface area contributed by atoms with E-state index < -0.39 is 16.7 Å². The van der Waals surface area contributed by atoms with Crippen LogP contribution < -0.4 is 5.32 Å². The molecule has 1 fully saturated rings. The molecule has 0 unspecified atom stereocenters. The Balaban J connectivity index is 1.94. The van der Waals surface area contributed by atoms with Gasteiger partial charge in [-0.25, -0.2) is 9.97 Å². The van der Waals surface area contributed by atoms with Gasteiger partial charge in [0.25, 0.3) is 0 Å². The highest BCUT2D eigenvalue weighted by molar-refractivity contribution is 7.85. The summed E-state index contributed by atoms with van der Waals surface area (Å²) in [5.41, 5.74) is 0. The third kappa shape index (κ3) is 2.95. The van der Waals surface area contributed by atoms with E-state index in [1.807, 2.05) is 0 Å². The van der Waals surface area contributed by atoms with Gasteiger partial charge in [-0.2, -0.15) is 4.39 Å². The van der Waals surface area contributed by atoms with Crippen LogP contribution in [0.1, 0.15) is 12.8 Å². The second kappa shape index (κ2) is 4.65. The molecule has 4 nitrogen and oxygen atoms in total. The summed E-state index contributed by atoms with van der Waals surface area (Å²) in [4.78, 5) is 7.29. The first-order valence-electron chi connectivity index (χ1n) is 4.83. The molecule has 2 heterocycles. The van der Waals surface area contributed by atoms with Gasteiger partial charge in [-0.1, -0.05) is 0 Å². The second-order valence-electron chi connectivity index (χ2n) is 3.49. The molecule has 15 heavy (non-hydrogen) atoms. The van der Waals surface area contributed by atoms with E-state index in [-0.39, 0.29) is 6.04 Å². The van der Waals surface area contributed by atoms with Gasteiger partial charge in [0.2, 0.25) is 5.95 Å². The quantitative estimate of drug-likeness (QED) is 0.767. The summed E-state index contributed by atoms with van der Waals surface area (Å²) in [5, 5.41) is 3.12. The zero-order chi connectivity index (χ0) is 10.7. The second-order valence-corrected chi connectivity index (χ2v) is 5.19. The third-order valence-electron chi connectivity index (χ3n) is 2.37. The molecule has 0 amide bonds. The van der Waals surface area contributed by atoms with Gasteiger partial charge < -0.3 is 5.32 Å². The smallest absolute Gasteiger partial charge is 0.217 e. The highest BCUT2D eigenvalue weighted by atomic mass is 32.2. The molecule has 6 heteroatoms. The number of rotatable bonds is 2. The maximum Gasteiger partial charge on any atom is 0.217 e. The van der Waals surface area contributed by atoms with Crippen LogP contribution in [0.4, 0.5) is 10.2 Å². The van der Waals surface area contributed by atoms with E-state index in [1.165, 1.54) is 12.4 Å². The molecule has 82 valence electrons. The minimum Gasteiger partial charge on any atom is -0.367 e. The molecular formula is C9H12FN3OS. The first-order valence-corrected chi connectivity index (χ1v) is 6.32. The summed E-state index contributed by atoms with van der Waals surface area (Å²) < 4.78 is 23.9. The molecule has 1 aliphatic heterocycles. The van der Waals surface area contributed by atoms with Crippen LogP contribution >= 0.6 is 0 Å². The summed E-state index contributed by atoms with van der Waals surface area (Å²) >= 11 is 0. The number of anilines is 1. The predicted molar refractivity (Wildman–Crippen MR) is 56.5 cm³/mol. The molecule has 1 aliphatic rings. The third-order valence-corrected chi connectivity index (χ3v) is 3.76. The lowest BCUT2D eigenvalue weighted by atomic mass is 10.1. The number of hydrogen-bond acceptors (Lipinski definition) is 4. The molecule has 0 aliphatic carbocycles. The average Bonchev–Trinajstić information content (AvgIpc) is 2.22. The van der Waals surface area contributed by atoms with Crippen molar-refractivity contribution in [2.75, 3.05) is 16.8 Å². The van der Waals surface area contributed by atoms with Crippen LogP contribution in [0.15, 0.2) is 12.4 Å². The van der Waals surface area contributed by atoms with Crippen LogP contribution in [0.3, 0.4) is 0 Å². The highest BCUT2D eigenvalue weighted by Gasteiger charge is 2.17. The minimum absolute atomic E-state index is 0.247. The monoisotopic (exact) mass is 229 g/mol. The first kappa shape index (κ1) is 10.5. The normalized spacial score (nSPS) is 26.2. The van der Waals surface area contributed by atoms with Gasteiger partial charge >= 0.3 is 0 Å². The lowest BCUT2D eigenvalue weighted by Crippen LogP contribution is -2.29. The number of aromatic nitrogens is 2. The van der Waals surface area contributed by atoms with Crippen molar-refractivity contribution in [2.24, 2.45) is 0 Å². The Kier molecular flexibility index (Phi) is 3.25. The van der Waals surface area contributed by atoms with Crippen molar-refractivity contribution in [3.8, 4) is 0 Å². The van der Waals surface area contributed by atoms with E-state index in [0.717, 1.165) is 12.8 Å². The van der Waals surface area contributed by atoms with E-state index in [0.29, 0.717) is 17.3 Å². The fraction of sp³-hybridized carbons (Fsp3) is 0.556. The fourth-order valence-electron chi connectivity index (χ4n) is 1.56. The Labute approximate surface area is 89.8 Å². The lowest BCUT2D eigenvalue weighted by molar-refractivity contribution is 0.577. The van der Waals surface area contributed by atoms with Crippen molar-refractivity contribution in [3.63, 3.8) is 0 Å². The SMILES string of the molecule is O=S1CCC(Nc2cc(F)ncn2)CC1. The maximum atomic E-state index is 12.7. The molecule has 0 saturated carbocycles. The van der Waals surface area contributed by atoms with Gasteiger partial charge in [0.1, 0.15) is 12.1 Å². The molecular weight excluding hydrogens is 217 g/mol. The minimum atomic E-state index is -0.670.